The van der Waals surface area contributed by atoms with E-state index in [1.807, 2.05) is 30.0 Å². The molecule has 1 aromatic heterocycles. The Balaban J connectivity index is 1.70. The van der Waals surface area contributed by atoms with Gasteiger partial charge in [0.05, 0.1) is 6.54 Å². The summed E-state index contributed by atoms with van der Waals surface area (Å²) < 4.78 is 0. The second-order valence-corrected chi connectivity index (χ2v) is 5.21. The zero-order valence-corrected chi connectivity index (χ0v) is 11.2. The predicted molar refractivity (Wildman–Crippen MR) is 78.1 cm³/mol. The third-order valence-electron chi connectivity index (χ3n) is 2.69. The van der Waals surface area contributed by atoms with Crippen LogP contribution < -0.4 is 11.1 Å². The summed E-state index contributed by atoms with van der Waals surface area (Å²) in [5, 5.41) is 3.21. The third-order valence-corrected chi connectivity index (χ3v) is 3.63. The van der Waals surface area contributed by atoms with Gasteiger partial charge in [-0.3, -0.25) is 4.99 Å². The van der Waals surface area contributed by atoms with Gasteiger partial charge in [0, 0.05) is 37.3 Å². The maximum atomic E-state index is 5.95. The predicted octanol–water partition coefficient (Wildman–Crippen LogP) is 0.857. The molecule has 1 aliphatic rings. The van der Waals surface area contributed by atoms with Gasteiger partial charge in [-0.15, -0.1) is 0 Å². The molecule has 18 heavy (non-hydrogen) atoms. The van der Waals surface area contributed by atoms with Crippen molar-refractivity contribution < 1.29 is 0 Å². The Labute approximate surface area is 112 Å². The number of anilines is 1. The number of aliphatic imine (C=N–C) groups is 1. The highest BCUT2D eigenvalue weighted by Crippen LogP contribution is 2.08. The number of nitrogens with one attached hydrogen (secondary N) is 1. The quantitative estimate of drug-likeness (QED) is 0.480. The molecule has 0 unspecified atom stereocenters. The summed E-state index contributed by atoms with van der Waals surface area (Å²) in [5.41, 5.74) is 5.95. The second-order valence-electron chi connectivity index (χ2n) is 3.98. The summed E-state index contributed by atoms with van der Waals surface area (Å²) >= 11 is 1.97. The summed E-state index contributed by atoms with van der Waals surface area (Å²) in [6.07, 6.45) is 1.77. The topological polar surface area (TPSA) is 66.5 Å². The molecule has 0 aliphatic carbocycles. The molecule has 0 amide bonds. The van der Waals surface area contributed by atoms with Gasteiger partial charge in [-0.2, -0.15) is 11.8 Å². The van der Waals surface area contributed by atoms with Crippen molar-refractivity contribution in [1.82, 2.24) is 9.88 Å². The fourth-order valence-electron chi connectivity index (χ4n) is 1.71. The Hall–Kier alpha value is -1.43. The highest BCUT2D eigenvalue weighted by Gasteiger charge is 2.11. The maximum absolute atomic E-state index is 5.95. The van der Waals surface area contributed by atoms with Gasteiger partial charge in [-0.1, -0.05) is 6.07 Å². The number of thioether (sulfide) groups is 1. The first-order chi connectivity index (χ1) is 8.86. The van der Waals surface area contributed by atoms with E-state index in [2.05, 4.69) is 20.2 Å². The molecule has 0 radical (unpaired) electrons. The molecule has 1 fully saturated rings. The van der Waals surface area contributed by atoms with Crippen LogP contribution in [0.3, 0.4) is 0 Å². The maximum Gasteiger partial charge on any atom is 0.191 e. The van der Waals surface area contributed by atoms with Crippen molar-refractivity contribution in [3.05, 3.63) is 24.4 Å². The van der Waals surface area contributed by atoms with Crippen molar-refractivity contribution in [2.45, 2.75) is 0 Å². The van der Waals surface area contributed by atoms with Crippen molar-refractivity contribution in [2.24, 2.45) is 10.7 Å². The van der Waals surface area contributed by atoms with Crippen LogP contribution in [0.5, 0.6) is 0 Å². The first kappa shape index (κ1) is 13.0. The zero-order chi connectivity index (χ0) is 12.6. The minimum atomic E-state index is 0.665. The summed E-state index contributed by atoms with van der Waals surface area (Å²) in [6.45, 7) is 3.44. The van der Waals surface area contributed by atoms with Gasteiger partial charge in [-0.05, 0) is 12.1 Å². The van der Waals surface area contributed by atoms with Crippen LogP contribution in [0.1, 0.15) is 0 Å². The first-order valence-electron chi connectivity index (χ1n) is 6.14. The number of rotatable bonds is 4. The van der Waals surface area contributed by atoms with Gasteiger partial charge >= 0.3 is 0 Å². The van der Waals surface area contributed by atoms with Crippen LogP contribution in [-0.4, -0.2) is 53.5 Å². The molecule has 98 valence electrons. The van der Waals surface area contributed by atoms with Gasteiger partial charge in [0.2, 0.25) is 0 Å². The summed E-state index contributed by atoms with van der Waals surface area (Å²) in [6, 6.07) is 5.79. The van der Waals surface area contributed by atoms with Crippen molar-refractivity contribution >= 4 is 23.5 Å². The van der Waals surface area contributed by atoms with Crippen LogP contribution in [0.4, 0.5) is 5.82 Å². The third kappa shape index (κ3) is 4.10. The summed E-state index contributed by atoms with van der Waals surface area (Å²) in [4.78, 5) is 10.7. The minimum Gasteiger partial charge on any atom is -0.370 e. The average Bonchev–Trinajstić information content (AvgIpc) is 2.45. The molecule has 1 saturated heterocycles. The van der Waals surface area contributed by atoms with E-state index in [9.17, 15) is 0 Å². The number of pyridine rings is 1. The van der Waals surface area contributed by atoms with Crippen molar-refractivity contribution in [3.8, 4) is 0 Å². The van der Waals surface area contributed by atoms with E-state index in [4.69, 9.17) is 5.73 Å². The van der Waals surface area contributed by atoms with E-state index in [1.54, 1.807) is 6.20 Å². The Morgan fingerprint density at radius 2 is 2.28 bits per heavy atom. The van der Waals surface area contributed by atoms with Gasteiger partial charge in [0.15, 0.2) is 5.96 Å². The smallest absolute Gasteiger partial charge is 0.191 e. The number of hydrogen-bond acceptors (Lipinski definition) is 4. The highest BCUT2D eigenvalue weighted by atomic mass is 32.2. The molecule has 1 aliphatic heterocycles. The lowest BCUT2D eigenvalue weighted by Crippen LogP contribution is -2.42. The lowest BCUT2D eigenvalue weighted by atomic mass is 10.4. The number of nitrogens with two attached hydrogens (primary N) is 1. The lowest BCUT2D eigenvalue weighted by Gasteiger charge is -2.27. The van der Waals surface area contributed by atoms with Crippen LogP contribution >= 0.6 is 11.8 Å². The molecule has 0 atom stereocenters. The molecule has 3 N–H and O–H groups in total. The minimum absolute atomic E-state index is 0.665. The Kier molecular flexibility index (Phi) is 5.14. The molecule has 6 heteroatoms. The molecule has 0 saturated carbocycles. The highest BCUT2D eigenvalue weighted by molar-refractivity contribution is 7.99. The van der Waals surface area contributed by atoms with E-state index in [0.29, 0.717) is 12.5 Å². The second kappa shape index (κ2) is 7.10. The Bertz CT molecular complexity index is 375. The Morgan fingerprint density at radius 3 is 3.00 bits per heavy atom. The van der Waals surface area contributed by atoms with E-state index in [-0.39, 0.29) is 0 Å². The van der Waals surface area contributed by atoms with E-state index in [0.717, 1.165) is 37.0 Å². The van der Waals surface area contributed by atoms with Crippen molar-refractivity contribution in [3.63, 3.8) is 0 Å². The first-order valence-corrected chi connectivity index (χ1v) is 7.29. The standard InChI is InChI=1S/C12H19N5S/c13-12(17-7-9-18-10-8-17)16-6-5-15-11-3-1-2-4-14-11/h1-4H,5-10H2,(H2,13,16)(H,14,15). The molecule has 1 aromatic rings. The van der Waals surface area contributed by atoms with Crippen LogP contribution in [0.15, 0.2) is 29.4 Å². The Morgan fingerprint density at radius 1 is 1.44 bits per heavy atom. The SMILES string of the molecule is NC(=NCCNc1ccccn1)N1CCSCC1. The van der Waals surface area contributed by atoms with Crippen LogP contribution in [0.25, 0.3) is 0 Å². The van der Waals surface area contributed by atoms with E-state index >= 15 is 0 Å². The molecule has 0 bridgehead atoms. The summed E-state index contributed by atoms with van der Waals surface area (Å²) in [5.74, 6) is 3.82. The van der Waals surface area contributed by atoms with Gasteiger partial charge in [-0.25, -0.2) is 4.98 Å². The average molecular weight is 265 g/mol. The van der Waals surface area contributed by atoms with E-state index in [1.165, 1.54) is 0 Å². The van der Waals surface area contributed by atoms with Crippen LogP contribution in [-0.2, 0) is 0 Å². The molecule has 2 rings (SSSR count). The fraction of sp³-hybridized carbons (Fsp3) is 0.500. The van der Waals surface area contributed by atoms with Crippen molar-refractivity contribution in [2.75, 3.05) is 43.0 Å². The molecular weight excluding hydrogens is 246 g/mol. The molecule has 5 nitrogen and oxygen atoms in total. The summed E-state index contributed by atoms with van der Waals surface area (Å²) in [7, 11) is 0. The molecule has 0 aromatic carbocycles. The number of aromatic nitrogens is 1. The monoisotopic (exact) mass is 265 g/mol. The molecule has 0 spiro atoms. The van der Waals surface area contributed by atoms with E-state index < -0.39 is 0 Å². The lowest BCUT2D eigenvalue weighted by molar-refractivity contribution is 0.456. The number of guanidine groups is 1. The zero-order valence-electron chi connectivity index (χ0n) is 10.4. The van der Waals surface area contributed by atoms with Crippen LogP contribution in [0.2, 0.25) is 0 Å². The van der Waals surface area contributed by atoms with Gasteiger partial charge < -0.3 is 16.0 Å². The van der Waals surface area contributed by atoms with Gasteiger partial charge in [0.25, 0.3) is 0 Å². The normalized spacial score (nSPS) is 16.7. The number of hydrogen-bond donors (Lipinski definition) is 2. The van der Waals surface area contributed by atoms with Crippen LogP contribution in [0, 0.1) is 0 Å². The number of nitrogens with zero attached hydrogens (tertiary/aromatic N) is 3. The largest absolute Gasteiger partial charge is 0.370 e. The molecule has 2 heterocycles. The van der Waals surface area contributed by atoms with Gasteiger partial charge in [0.1, 0.15) is 5.82 Å². The fourth-order valence-corrected chi connectivity index (χ4v) is 2.62. The van der Waals surface area contributed by atoms with Crippen molar-refractivity contribution in [1.29, 1.82) is 0 Å². The molecular formula is C12H19N5S.